The van der Waals surface area contributed by atoms with Crippen LogP contribution in [0, 0.1) is 10.1 Å². The number of nitrogens with one attached hydrogen (secondary N) is 1. The van der Waals surface area contributed by atoms with Crippen molar-refractivity contribution in [3.63, 3.8) is 0 Å². The molecular weight excluding hydrogens is 561 g/mol. The molecule has 1 aromatic heterocycles. The molecule has 200 valence electrons. The molecule has 1 atom stereocenters. The Labute approximate surface area is 239 Å². The summed E-state index contributed by atoms with van der Waals surface area (Å²) in [5.74, 6) is 1.43. The molecule has 0 aliphatic rings. The molecule has 0 bridgehead atoms. The van der Waals surface area contributed by atoms with Gasteiger partial charge in [0.1, 0.15) is 5.75 Å². The molecule has 12 heteroatoms. The number of methoxy groups -OCH3 is 1. The molecular formula is C27H23Cl2N5O4S. The van der Waals surface area contributed by atoms with E-state index in [1.807, 2.05) is 24.3 Å². The van der Waals surface area contributed by atoms with Crippen LogP contribution in [-0.2, 0) is 10.5 Å². The van der Waals surface area contributed by atoms with Crippen LogP contribution < -0.4 is 10.1 Å². The molecule has 4 rings (SSSR count). The smallest absolute Gasteiger partial charge is 0.269 e. The van der Waals surface area contributed by atoms with Gasteiger partial charge in [-0.3, -0.25) is 19.5 Å². The molecule has 0 saturated carbocycles. The zero-order valence-corrected chi connectivity index (χ0v) is 23.2. The molecule has 0 aliphatic carbocycles. The fourth-order valence-corrected chi connectivity index (χ4v) is 4.92. The SMILES string of the molecule is COc1cccc(CSc2nnc(C(C)NC(=O)/C=C/c3ccc([N+](=O)[O-])cc3)n2-c2cc(Cl)ccc2Cl)c1. The Morgan fingerprint density at radius 2 is 1.92 bits per heavy atom. The van der Waals surface area contributed by atoms with Gasteiger partial charge in [0.05, 0.1) is 28.8 Å². The Balaban J connectivity index is 1.57. The highest BCUT2D eigenvalue weighted by Crippen LogP contribution is 2.33. The molecule has 0 saturated heterocycles. The Bertz CT molecular complexity index is 1530. The van der Waals surface area contributed by atoms with E-state index in [1.54, 1.807) is 55.0 Å². The zero-order chi connectivity index (χ0) is 27.9. The van der Waals surface area contributed by atoms with Crippen molar-refractivity contribution in [2.45, 2.75) is 23.9 Å². The molecule has 9 nitrogen and oxygen atoms in total. The van der Waals surface area contributed by atoms with E-state index < -0.39 is 11.0 Å². The largest absolute Gasteiger partial charge is 0.497 e. The van der Waals surface area contributed by atoms with Gasteiger partial charge in [-0.25, -0.2) is 0 Å². The maximum absolute atomic E-state index is 12.7. The van der Waals surface area contributed by atoms with E-state index >= 15 is 0 Å². The van der Waals surface area contributed by atoms with Gasteiger partial charge < -0.3 is 10.1 Å². The van der Waals surface area contributed by atoms with Crippen LogP contribution in [0.4, 0.5) is 5.69 Å². The summed E-state index contributed by atoms with van der Waals surface area (Å²) in [5, 5.41) is 24.0. The second-order valence-electron chi connectivity index (χ2n) is 8.32. The van der Waals surface area contributed by atoms with Gasteiger partial charge in [0.15, 0.2) is 11.0 Å². The highest BCUT2D eigenvalue weighted by molar-refractivity contribution is 7.98. The first kappa shape index (κ1) is 28.2. The molecule has 39 heavy (non-hydrogen) atoms. The summed E-state index contributed by atoms with van der Waals surface area (Å²) in [6.07, 6.45) is 2.92. The normalized spacial score (nSPS) is 11.9. The van der Waals surface area contributed by atoms with Crippen LogP contribution in [0.5, 0.6) is 5.75 Å². The second kappa shape index (κ2) is 12.8. The number of ether oxygens (including phenoxy) is 1. The number of carbonyl (C=O) groups excluding carboxylic acids is 1. The van der Waals surface area contributed by atoms with Gasteiger partial charge >= 0.3 is 0 Å². The van der Waals surface area contributed by atoms with Crippen LogP contribution in [0.15, 0.2) is 78.0 Å². The van der Waals surface area contributed by atoms with Crippen LogP contribution in [0.1, 0.15) is 29.9 Å². The second-order valence-corrected chi connectivity index (χ2v) is 10.1. The summed E-state index contributed by atoms with van der Waals surface area (Å²) in [4.78, 5) is 23.0. The number of hydrogen-bond donors (Lipinski definition) is 1. The quantitative estimate of drug-likeness (QED) is 0.0959. The number of halogens is 2. The van der Waals surface area contributed by atoms with E-state index in [2.05, 4.69) is 15.5 Å². The molecule has 1 unspecified atom stereocenters. The monoisotopic (exact) mass is 583 g/mol. The van der Waals surface area contributed by atoms with Crippen molar-refractivity contribution in [2.24, 2.45) is 0 Å². The summed E-state index contributed by atoms with van der Waals surface area (Å²) in [6, 6.07) is 18.2. The van der Waals surface area contributed by atoms with Gasteiger partial charge in [0.2, 0.25) is 5.91 Å². The van der Waals surface area contributed by atoms with E-state index in [0.717, 1.165) is 11.3 Å². The number of nitro groups is 1. The Kier molecular flexibility index (Phi) is 9.23. The summed E-state index contributed by atoms with van der Waals surface area (Å²) < 4.78 is 7.10. The van der Waals surface area contributed by atoms with Crippen LogP contribution in [0.3, 0.4) is 0 Å². The first-order chi connectivity index (χ1) is 18.7. The summed E-state index contributed by atoms with van der Waals surface area (Å²) in [7, 11) is 1.62. The number of carbonyl (C=O) groups is 1. The Morgan fingerprint density at radius 3 is 2.64 bits per heavy atom. The predicted octanol–water partition coefficient (Wildman–Crippen LogP) is 6.67. The van der Waals surface area contributed by atoms with Gasteiger partial charge in [-0.15, -0.1) is 10.2 Å². The summed E-state index contributed by atoms with van der Waals surface area (Å²) >= 11 is 14.3. The van der Waals surface area contributed by atoms with Crippen molar-refractivity contribution in [1.82, 2.24) is 20.1 Å². The van der Waals surface area contributed by atoms with Gasteiger partial charge in [0.25, 0.3) is 5.69 Å². The molecule has 0 fully saturated rings. The fraction of sp³-hybridized carbons (Fsp3) is 0.148. The zero-order valence-electron chi connectivity index (χ0n) is 20.9. The van der Waals surface area contributed by atoms with Crippen LogP contribution in [-0.4, -0.2) is 32.7 Å². The van der Waals surface area contributed by atoms with Crippen molar-refractivity contribution >= 4 is 52.6 Å². The van der Waals surface area contributed by atoms with Gasteiger partial charge in [0, 0.05) is 29.0 Å². The Hall–Kier alpha value is -3.86. The number of nitrogens with zero attached hydrogens (tertiary/aromatic N) is 4. The number of nitro benzene ring substituents is 1. The molecule has 0 radical (unpaired) electrons. The van der Waals surface area contributed by atoms with E-state index in [-0.39, 0.29) is 11.6 Å². The van der Waals surface area contributed by atoms with Crippen molar-refractivity contribution < 1.29 is 14.5 Å². The lowest BCUT2D eigenvalue weighted by Gasteiger charge is -2.17. The topological polar surface area (TPSA) is 112 Å². The highest BCUT2D eigenvalue weighted by atomic mass is 35.5. The van der Waals surface area contributed by atoms with Crippen LogP contribution >= 0.6 is 35.0 Å². The average molecular weight is 584 g/mol. The molecule has 0 spiro atoms. The van der Waals surface area contributed by atoms with E-state index in [4.69, 9.17) is 27.9 Å². The minimum absolute atomic E-state index is 0.0238. The minimum atomic E-state index is -0.548. The lowest BCUT2D eigenvalue weighted by Crippen LogP contribution is -2.27. The first-order valence-electron chi connectivity index (χ1n) is 11.6. The average Bonchev–Trinajstić information content (AvgIpc) is 3.36. The highest BCUT2D eigenvalue weighted by Gasteiger charge is 2.22. The number of aromatic nitrogens is 3. The first-order valence-corrected chi connectivity index (χ1v) is 13.4. The number of non-ortho nitro benzene ring substituents is 1. The minimum Gasteiger partial charge on any atom is -0.497 e. The lowest BCUT2D eigenvalue weighted by atomic mass is 10.2. The van der Waals surface area contributed by atoms with Gasteiger partial charge in [-0.05, 0) is 66.6 Å². The number of benzene rings is 3. The third kappa shape index (κ3) is 7.17. The van der Waals surface area contributed by atoms with Crippen LogP contribution in [0.25, 0.3) is 11.8 Å². The third-order valence-electron chi connectivity index (χ3n) is 5.59. The Morgan fingerprint density at radius 1 is 1.15 bits per heavy atom. The number of thioether (sulfide) groups is 1. The summed E-state index contributed by atoms with van der Waals surface area (Å²) in [6.45, 7) is 1.78. The fourth-order valence-electron chi connectivity index (χ4n) is 3.65. The molecule has 1 heterocycles. The predicted molar refractivity (Wildman–Crippen MR) is 153 cm³/mol. The maximum atomic E-state index is 12.7. The standard InChI is InChI=1S/C27H23Cl2N5O4S/c1-17(30-25(35)13-8-18-6-10-21(11-7-18)34(36)37)26-31-32-27(33(26)24-15-20(28)9-12-23(24)29)39-16-19-4-3-5-22(14-19)38-2/h3-15,17H,16H2,1-2H3,(H,30,35)/b13-8+. The molecule has 4 aromatic rings. The van der Waals surface area contributed by atoms with Gasteiger partial charge in [-0.1, -0.05) is 47.1 Å². The molecule has 1 N–H and O–H groups in total. The number of hydrogen-bond acceptors (Lipinski definition) is 7. The van der Waals surface area contributed by atoms with E-state index in [0.29, 0.717) is 38.0 Å². The number of rotatable bonds is 10. The van der Waals surface area contributed by atoms with Crippen molar-refractivity contribution in [1.29, 1.82) is 0 Å². The summed E-state index contributed by atoms with van der Waals surface area (Å²) in [5.41, 5.74) is 2.24. The maximum Gasteiger partial charge on any atom is 0.269 e. The van der Waals surface area contributed by atoms with Crippen molar-refractivity contribution in [3.05, 3.63) is 110 Å². The van der Waals surface area contributed by atoms with Crippen LogP contribution in [0.2, 0.25) is 10.0 Å². The van der Waals surface area contributed by atoms with Gasteiger partial charge in [-0.2, -0.15) is 0 Å². The van der Waals surface area contributed by atoms with E-state index in [9.17, 15) is 14.9 Å². The molecule has 3 aromatic carbocycles. The molecule has 1 amide bonds. The van der Waals surface area contributed by atoms with E-state index in [1.165, 1.54) is 30.0 Å². The molecule has 0 aliphatic heterocycles. The third-order valence-corrected chi connectivity index (χ3v) is 7.14. The number of amides is 1. The lowest BCUT2D eigenvalue weighted by molar-refractivity contribution is -0.384. The van der Waals surface area contributed by atoms with Crippen molar-refractivity contribution in [2.75, 3.05) is 7.11 Å². The van der Waals surface area contributed by atoms with Crippen molar-refractivity contribution in [3.8, 4) is 11.4 Å².